The van der Waals surface area contributed by atoms with Crippen molar-refractivity contribution in [1.82, 2.24) is 0 Å². The van der Waals surface area contributed by atoms with Crippen LogP contribution >= 0.6 is 0 Å². The maximum atomic E-state index is 11.6. The molecule has 1 aromatic carbocycles. The van der Waals surface area contributed by atoms with Gasteiger partial charge in [0.2, 0.25) is 0 Å². The van der Waals surface area contributed by atoms with Crippen LogP contribution in [0.2, 0.25) is 0 Å². The van der Waals surface area contributed by atoms with E-state index in [1.54, 1.807) is 7.11 Å². The van der Waals surface area contributed by atoms with Gasteiger partial charge < -0.3 is 9.47 Å². The van der Waals surface area contributed by atoms with E-state index >= 15 is 0 Å². The Kier molecular flexibility index (Phi) is 3.98. The van der Waals surface area contributed by atoms with Crippen molar-refractivity contribution in [3.63, 3.8) is 0 Å². The van der Waals surface area contributed by atoms with Gasteiger partial charge in [-0.25, -0.2) is 0 Å². The Morgan fingerprint density at radius 3 is 2.80 bits per heavy atom. The number of ether oxygens (including phenoxy) is 2. The number of esters is 1. The lowest BCUT2D eigenvalue weighted by Gasteiger charge is -2.43. The van der Waals surface area contributed by atoms with Crippen LogP contribution in [0.5, 0.6) is 5.75 Å². The molecule has 1 aromatic rings. The topological polar surface area (TPSA) is 35.5 Å². The second kappa shape index (κ2) is 6.05. The monoisotopic (exact) mass is 338 g/mol. The summed E-state index contributed by atoms with van der Waals surface area (Å²) >= 11 is 0. The summed E-state index contributed by atoms with van der Waals surface area (Å²) in [4.78, 5) is 11.6. The van der Waals surface area contributed by atoms with Crippen molar-refractivity contribution in [2.24, 2.45) is 5.41 Å². The molecule has 3 aliphatic rings. The molecule has 0 saturated heterocycles. The molecule has 0 unspecified atom stereocenters. The first-order valence-electron chi connectivity index (χ1n) is 9.36. The fourth-order valence-electron chi connectivity index (χ4n) is 5.20. The van der Waals surface area contributed by atoms with E-state index in [4.69, 9.17) is 9.47 Å². The van der Waals surface area contributed by atoms with Gasteiger partial charge in [-0.2, -0.15) is 0 Å². The van der Waals surface area contributed by atoms with Gasteiger partial charge in [-0.15, -0.1) is 0 Å². The van der Waals surface area contributed by atoms with Crippen molar-refractivity contribution in [3.05, 3.63) is 46.5 Å². The van der Waals surface area contributed by atoms with Gasteiger partial charge in [0, 0.05) is 18.8 Å². The number of hydrogen-bond donors (Lipinski definition) is 0. The first kappa shape index (κ1) is 16.4. The van der Waals surface area contributed by atoms with Crippen LogP contribution in [-0.2, 0) is 16.0 Å². The summed E-state index contributed by atoms with van der Waals surface area (Å²) in [5.41, 5.74) is 7.29. The number of benzene rings is 1. The zero-order valence-electron chi connectivity index (χ0n) is 15.4. The maximum Gasteiger partial charge on any atom is 0.302 e. The fraction of sp³-hybridized carbons (Fsp3) is 0.500. The average molecular weight is 338 g/mol. The molecule has 0 aliphatic heterocycles. The first-order valence-corrected chi connectivity index (χ1v) is 9.36. The van der Waals surface area contributed by atoms with E-state index in [1.165, 1.54) is 34.8 Å². The number of carbonyl (C=O) groups is 1. The van der Waals surface area contributed by atoms with Crippen LogP contribution in [0.15, 0.2) is 35.4 Å². The summed E-state index contributed by atoms with van der Waals surface area (Å²) in [5.74, 6) is 0.782. The number of methoxy groups -OCH3 is 1. The summed E-state index contributed by atoms with van der Waals surface area (Å²) < 4.78 is 11.1. The second-order valence-electron chi connectivity index (χ2n) is 7.44. The molecule has 0 heterocycles. The van der Waals surface area contributed by atoms with E-state index in [9.17, 15) is 4.79 Å². The van der Waals surface area contributed by atoms with Crippen molar-refractivity contribution in [2.45, 2.75) is 58.5 Å². The lowest BCUT2D eigenvalue weighted by atomic mass is 9.63. The number of aryl methyl sites for hydroxylation is 1. The molecule has 0 N–H and O–H groups in total. The average Bonchev–Trinajstić information content (AvgIpc) is 2.99. The molecule has 3 aliphatic carbocycles. The maximum absolute atomic E-state index is 11.6. The molecular formula is C22H26O3. The van der Waals surface area contributed by atoms with Gasteiger partial charge in [0.1, 0.15) is 11.9 Å². The van der Waals surface area contributed by atoms with Gasteiger partial charge in [0.25, 0.3) is 0 Å². The molecule has 4 rings (SSSR count). The van der Waals surface area contributed by atoms with Crippen LogP contribution in [-0.4, -0.2) is 19.2 Å². The van der Waals surface area contributed by atoms with Crippen LogP contribution < -0.4 is 4.74 Å². The minimum absolute atomic E-state index is 0.0105. The molecule has 0 saturated carbocycles. The Morgan fingerprint density at radius 1 is 1.24 bits per heavy atom. The standard InChI is InChI=1S/C22H26O3/c1-4-22-12-11-18-17-8-6-16(24-3)13-15(17)5-7-19(18)20(22)9-10-21(22)25-14(2)23/h6,8-9,13,21H,4-5,7,10-12H2,1-3H3/t21-,22-/m1/s1. The molecular weight excluding hydrogens is 312 g/mol. The molecule has 3 heteroatoms. The summed E-state index contributed by atoms with van der Waals surface area (Å²) in [7, 11) is 1.73. The van der Waals surface area contributed by atoms with Crippen molar-refractivity contribution in [3.8, 4) is 5.75 Å². The highest BCUT2D eigenvalue weighted by molar-refractivity contribution is 5.79. The first-order chi connectivity index (χ1) is 12.1. The molecule has 0 aromatic heterocycles. The van der Waals surface area contributed by atoms with Gasteiger partial charge in [0.05, 0.1) is 7.11 Å². The highest BCUT2D eigenvalue weighted by atomic mass is 16.5. The number of allylic oxidation sites excluding steroid dienone is 2. The van der Waals surface area contributed by atoms with Gasteiger partial charge in [0.15, 0.2) is 0 Å². The van der Waals surface area contributed by atoms with Gasteiger partial charge >= 0.3 is 5.97 Å². The third-order valence-electron chi connectivity index (χ3n) is 6.42. The van der Waals surface area contributed by atoms with Crippen LogP contribution in [0.25, 0.3) is 5.57 Å². The molecule has 0 amide bonds. The fourth-order valence-corrected chi connectivity index (χ4v) is 5.20. The lowest BCUT2D eigenvalue weighted by Crippen LogP contribution is -2.38. The quantitative estimate of drug-likeness (QED) is 0.739. The second-order valence-corrected chi connectivity index (χ2v) is 7.44. The highest BCUT2D eigenvalue weighted by Gasteiger charge is 2.49. The summed E-state index contributed by atoms with van der Waals surface area (Å²) in [5, 5.41) is 0. The van der Waals surface area contributed by atoms with Crippen molar-refractivity contribution >= 4 is 11.5 Å². The predicted molar refractivity (Wildman–Crippen MR) is 98.4 cm³/mol. The van der Waals surface area contributed by atoms with Crippen molar-refractivity contribution in [2.75, 3.05) is 7.11 Å². The Bertz CT molecular complexity index is 786. The summed E-state index contributed by atoms with van der Waals surface area (Å²) in [6.45, 7) is 3.77. The molecule has 0 spiro atoms. The van der Waals surface area contributed by atoms with E-state index in [0.717, 1.165) is 44.3 Å². The lowest BCUT2D eigenvalue weighted by molar-refractivity contribution is -0.151. The van der Waals surface area contributed by atoms with E-state index < -0.39 is 0 Å². The predicted octanol–water partition coefficient (Wildman–Crippen LogP) is 4.85. The van der Waals surface area contributed by atoms with E-state index in [-0.39, 0.29) is 17.5 Å². The van der Waals surface area contributed by atoms with E-state index in [0.29, 0.717) is 0 Å². The highest BCUT2D eigenvalue weighted by Crippen LogP contribution is 2.58. The number of rotatable bonds is 3. The molecule has 0 radical (unpaired) electrons. The Balaban J connectivity index is 1.75. The number of fused-ring (bicyclic) bond motifs is 4. The van der Waals surface area contributed by atoms with Gasteiger partial charge in [-0.3, -0.25) is 4.79 Å². The SMILES string of the molecule is CC[C@@]12CCC3=C(CCc4cc(OC)ccc43)C1=CC[C@H]2OC(C)=O. The number of hydrogen-bond acceptors (Lipinski definition) is 3. The largest absolute Gasteiger partial charge is 0.497 e. The zero-order chi connectivity index (χ0) is 17.6. The summed E-state index contributed by atoms with van der Waals surface area (Å²) in [6.07, 6.45) is 8.51. The van der Waals surface area contributed by atoms with Crippen molar-refractivity contribution in [1.29, 1.82) is 0 Å². The summed E-state index contributed by atoms with van der Waals surface area (Å²) in [6, 6.07) is 6.48. The Labute approximate surface area is 149 Å². The van der Waals surface area contributed by atoms with E-state index in [2.05, 4.69) is 31.2 Å². The van der Waals surface area contributed by atoms with Gasteiger partial charge in [-0.05, 0) is 72.1 Å². The number of carbonyl (C=O) groups excluding carboxylic acids is 1. The molecule has 3 nitrogen and oxygen atoms in total. The molecule has 0 bridgehead atoms. The Morgan fingerprint density at radius 2 is 2.08 bits per heavy atom. The third kappa shape index (κ3) is 2.44. The normalized spacial score (nSPS) is 27.2. The van der Waals surface area contributed by atoms with Gasteiger partial charge in [-0.1, -0.05) is 19.1 Å². The molecule has 2 atom stereocenters. The Hall–Kier alpha value is -2.03. The van der Waals surface area contributed by atoms with Crippen molar-refractivity contribution < 1.29 is 14.3 Å². The molecule has 0 fully saturated rings. The smallest absolute Gasteiger partial charge is 0.302 e. The van der Waals surface area contributed by atoms with Crippen LogP contribution in [0.3, 0.4) is 0 Å². The molecule has 132 valence electrons. The molecule has 25 heavy (non-hydrogen) atoms. The third-order valence-corrected chi connectivity index (χ3v) is 6.42. The zero-order valence-corrected chi connectivity index (χ0v) is 15.4. The van der Waals surface area contributed by atoms with Crippen LogP contribution in [0.1, 0.15) is 57.1 Å². The van der Waals surface area contributed by atoms with E-state index in [1.807, 2.05) is 0 Å². The van der Waals surface area contributed by atoms with Crippen LogP contribution in [0, 0.1) is 5.41 Å². The van der Waals surface area contributed by atoms with Crippen LogP contribution in [0.4, 0.5) is 0 Å². The minimum Gasteiger partial charge on any atom is -0.497 e. The minimum atomic E-state index is -0.159.